The fraction of sp³-hybridized carbons (Fsp3) is 0.318. The number of primary sulfonamides is 1. The molecule has 2 aromatic carbocycles. The van der Waals surface area contributed by atoms with Gasteiger partial charge in [-0.2, -0.15) is 5.10 Å². The molecule has 8 nitrogen and oxygen atoms in total. The summed E-state index contributed by atoms with van der Waals surface area (Å²) in [5, 5.41) is 9.53. The number of hydrogen-bond acceptors (Lipinski definition) is 6. The highest BCUT2D eigenvalue weighted by molar-refractivity contribution is 7.89. The van der Waals surface area contributed by atoms with E-state index in [2.05, 4.69) is 10.5 Å². The Morgan fingerprint density at radius 1 is 1.10 bits per heavy atom. The second-order valence-electron chi connectivity index (χ2n) is 8.26. The van der Waals surface area contributed by atoms with Crippen LogP contribution >= 0.6 is 0 Å². The van der Waals surface area contributed by atoms with Crippen LogP contribution in [0.25, 0.3) is 0 Å². The predicted molar refractivity (Wildman–Crippen MR) is 116 cm³/mol. The first-order valence-corrected chi connectivity index (χ1v) is 11.3. The Labute approximate surface area is 181 Å². The number of ketones is 1. The molecule has 164 valence electrons. The molecule has 0 saturated heterocycles. The smallest absolute Gasteiger partial charge is 0.428 e. The molecule has 0 heterocycles. The predicted octanol–water partition coefficient (Wildman–Crippen LogP) is 3.01. The Bertz CT molecular complexity index is 1150. The van der Waals surface area contributed by atoms with E-state index in [0.29, 0.717) is 18.6 Å². The van der Waals surface area contributed by atoms with Gasteiger partial charge >= 0.3 is 6.09 Å². The lowest BCUT2D eigenvalue weighted by Gasteiger charge is -2.26. The molecule has 1 aliphatic rings. The molecule has 0 aliphatic heterocycles. The van der Waals surface area contributed by atoms with Crippen molar-refractivity contribution in [2.75, 3.05) is 0 Å². The quantitative estimate of drug-likeness (QED) is 0.554. The van der Waals surface area contributed by atoms with Crippen LogP contribution < -0.4 is 10.6 Å². The topological polar surface area (TPSA) is 128 Å². The van der Waals surface area contributed by atoms with Crippen LogP contribution in [0.2, 0.25) is 0 Å². The van der Waals surface area contributed by atoms with Gasteiger partial charge in [0.05, 0.1) is 16.5 Å². The van der Waals surface area contributed by atoms with Gasteiger partial charge in [0.1, 0.15) is 5.60 Å². The van der Waals surface area contributed by atoms with Gasteiger partial charge in [0.15, 0.2) is 5.78 Å². The zero-order valence-electron chi connectivity index (χ0n) is 17.6. The first-order valence-electron chi connectivity index (χ1n) is 9.78. The van der Waals surface area contributed by atoms with Crippen molar-refractivity contribution in [1.82, 2.24) is 5.43 Å². The minimum absolute atomic E-state index is 0.000603. The van der Waals surface area contributed by atoms with E-state index in [1.54, 1.807) is 26.8 Å². The van der Waals surface area contributed by atoms with E-state index in [4.69, 9.17) is 9.88 Å². The van der Waals surface area contributed by atoms with Crippen LogP contribution in [-0.4, -0.2) is 31.6 Å². The first-order chi connectivity index (χ1) is 14.5. The van der Waals surface area contributed by atoms with Crippen molar-refractivity contribution in [2.45, 2.75) is 44.1 Å². The van der Waals surface area contributed by atoms with Gasteiger partial charge in [-0.05, 0) is 45.2 Å². The summed E-state index contributed by atoms with van der Waals surface area (Å²) < 4.78 is 29.2. The largest absolute Gasteiger partial charge is 0.443 e. The van der Waals surface area contributed by atoms with E-state index in [1.165, 1.54) is 18.2 Å². The van der Waals surface area contributed by atoms with Gasteiger partial charge in [-0.15, -0.1) is 0 Å². The lowest BCUT2D eigenvalue weighted by molar-refractivity contribution is 0.0528. The summed E-state index contributed by atoms with van der Waals surface area (Å²) >= 11 is 0. The Morgan fingerprint density at radius 3 is 2.42 bits per heavy atom. The van der Waals surface area contributed by atoms with Crippen LogP contribution in [0.1, 0.15) is 48.7 Å². The van der Waals surface area contributed by atoms with Crippen LogP contribution in [0.15, 0.2) is 58.5 Å². The zero-order chi connectivity index (χ0) is 22.8. The SMILES string of the molecule is CC(C)(C)OC(=O)N/N=C1/c2ccccc2CCC1C(=O)c1ccccc1S(N)(=O)=O. The molecule has 0 aromatic heterocycles. The van der Waals surface area contributed by atoms with Crippen molar-refractivity contribution in [2.24, 2.45) is 16.2 Å². The number of aryl methyl sites for hydroxylation is 1. The number of hydrazone groups is 1. The van der Waals surface area contributed by atoms with Crippen LogP contribution in [-0.2, 0) is 21.2 Å². The number of fused-ring (bicyclic) bond motifs is 1. The number of carbonyl (C=O) groups is 2. The fourth-order valence-corrected chi connectivity index (χ4v) is 4.26. The summed E-state index contributed by atoms with van der Waals surface area (Å²) in [6.45, 7) is 5.18. The highest BCUT2D eigenvalue weighted by Crippen LogP contribution is 2.30. The number of nitrogens with two attached hydrogens (primary N) is 1. The van der Waals surface area contributed by atoms with Crippen molar-refractivity contribution in [3.05, 3.63) is 65.2 Å². The summed E-state index contributed by atoms with van der Waals surface area (Å²) in [5.74, 6) is -1.18. The number of nitrogens with zero attached hydrogens (tertiary/aromatic N) is 1. The van der Waals surface area contributed by atoms with E-state index in [1.807, 2.05) is 24.3 Å². The van der Waals surface area contributed by atoms with Gasteiger partial charge in [0, 0.05) is 11.1 Å². The molecule has 0 saturated carbocycles. The minimum Gasteiger partial charge on any atom is -0.443 e. The van der Waals surface area contributed by atoms with Crippen molar-refractivity contribution in [1.29, 1.82) is 0 Å². The van der Waals surface area contributed by atoms with Crippen LogP contribution in [0.4, 0.5) is 4.79 Å². The third-order valence-electron chi connectivity index (χ3n) is 4.77. The maximum atomic E-state index is 13.4. The Balaban J connectivity index is 2.02. The fourth-order valence-electron chi connectivity index (χ4n) is 3.52. The number of ether oxygens (including phenoxy) is 1. The molecular weight excluding hydrogens is 418 g/mol. The molecule has 31 heavy (non-hydrogen) atoms. The van der Waals surface area contributed by atoms with Crippen molar-refractivity contribution in [3.8, 4) is 0 Å². The van der Waals surface area contributed by atoms with Crippen molar-refractivity contribution >= 4 is 27.6 Å². The number of benzene rings is 2. The molecule has 2 aromatic rings. The molecular formula is C22H25N3O5S. The number of sulfonamides is 1. The number of amides is 1. The molecule has 3 N–H and O–H groups in total. The zero-order valence-corrected chi connectivity index (χ0v) is 18.4. The highest BCUT2D eigenvalue weighted by Gasteiger charge is 2.34. The van der Waals surface area contributed by atoms with Gasteiger partial charge in [-0.3, -0.25) is 4.79 Å². The summed E-state index contributed by atoms with van der Waals surface area (Å²) in [7, 11) is -4.09. The van der Waals surface area contributed by atoms with Gasteiger partial charge in [0.2, 0.25) is 10.0 Å². The molecule has 0 spiro atoms. The number of carbonyl (C=O) groups excluding carboxylic acids is 2. The minimum atomic E-state index is -4.09. The van der Waals surface area contributed by atoms with E-state index in [9.17, 15) is 18.0 Å². The maximum absolute atomic E-state index is 13.4. The third-order valence-corrected chi connectivity index (χ3v) is 5.74. The molecule has 1 amide bonds. The average molecular weight is 444 g/mol. The van der Waals surface area contributed by atoms with E-state index in [0.717, 1.165) is 11.1 Å². The summed E-state index contributed by atoms with van der Waals surface area (Å²) in [4.78, 5) is 25.3. The van der Waals surface area contributed by atoms with Crippen LogP contribution in [0.3, 0.4) is 0 Å². The van der Waals surface area contributed by atoms with Gasteiger partial charge in [-0.25, -0.2) is 23.8 Å². The van der Waals surface area contributed by atoms with Crippen molar-refractivity contribution < 1.29 is 22.7 Å². The second-order valence-corrected chi connectivity index (χ2v) is 9.79. The first kappa shape index (κ1) is 22.6. The number of Topliss-reactive ketones (excluding diaryl/α,β-unsaturated/α-hetero) is 1. The maximum Gasteiger partial charge on any atom is 0.428 e. The molecule has 1 unspecified atom stereocenters. The normalized spacial score (nSPS) is 17.7. The molecule has 1 atom stereocenters. The molecule has 9 heteroatoms. The monoisotopic (exact) mass is 443 g/mol. The number of rotatable bonds is 4. The van der Waals surface area contributed by atoms with E-state index in [-0.39, 0.29) is 10.5 Å². The van der Waals surface area contributed by atoms with Gasteiger partial charge in [-0.1, -0.05) is 42.5 Å². The molecule has 0 radical (unpaired) electrons. The summed E-state index contributed by atoms with van der Waals surface area (Å²) in [6, 6.07) is 13.3. The van der Waals surface area contributed by atoms with Crippen LogP contribution in [0.5, 0.6) is 0 Å². The highest BCUT2D eigenvalue weighted by atomic mass is 32.2. The summed E-state index contributed by atoms with van der Waals surface area (Å²) in [6.07, 6.45) is 0.262. The average Bonchev–Trinajstić information content (AvgIpc) is 2.69. The Kier molecular flexibility index (Phi) is 6.28. The van der Waals surface area contributed by atoms with Gasteiger partial charge in [0.25, 0.3) is 0 Å². The molecule has 3 rings (SSSR count). The molecule has 0 fully saturated rings. The third kappa shape index (κ3) is 5.36. The van der Waals surface area contributed by atoms with E-state index >= 15 is 0 Å². The number of hydrogen-bond donors (Lipinski definition) is 2. The molecule has 0 bridgehead atoms. The standard InChI is InChI=1S/C22H25N3O5S/c1-22(2,3)30-21(27)25-24-19-15-9-5-4-8-14(15)12-13-17(19)20(26)16-10-6-7-11-18(16)31(23,28)29/h4-11,17H,12-13H2,1-3H3,(H,25,27)(H2,23,28,29)/b24-19-. The Hall–Kier alpha value is -3.04. The lowest BCUT2D eigenvalue weighted by Crippen LogP contribution is -2.35. The lowest BCUT2D eigenvalue weighted by atomic mass is 9.78. The number of nitrogens with one attached hydrogen (secondary N) is 1. The van der Waals surface area contributed by atoms with E-state index < -0.39 is 33.4 Å². The second kappa shape index (κ2) is 8.60. The van der Waals surface area contributed by atoms with Gasteiger partial charge < -0.3 is 4.74 Å². The summed E-state index contributed by atoms with van der Waals surface area (Å²) in [5.41, 5.74) is 3.70. The van der Waals surface area contributed by atoms with Crippen molar-refractivity contribution in [3.63, 3.8) is 0 Å². The van der Waals surface area contributed by atoms with Crippen LogP contribution in [0, 0.1) is 5.92 Å². The Morgan fingerprint density at radius 2 is 1.74 bits per heavy atom. The molecule has 1 aliphatic carbocycles.